The van der Waals surface area contributed by atoms with Gasteiger partial charge in [0.15, 0.2) is 11.6 Å². The van der Waals surface area contributed by atoms with E-state index < -0.39 is 5.60 Å². The first-order valence-electron chi connectivity index (χ1n) is 10.4. The van der Waals surface area contributed by atoms with E-state index in [0.717, 1.165) is 50.5 Å². The van der Waals surface area contributed by atoms with Crippen molar-refractivity contribution in [2.45, 2.75) is 32.3 Å². The third-order valence-electron chi connectivity index (χ3n) is 6.02. The van der Waals surface area contributed by atoms with E-state index in [1.165, 1.54) is 0 Å². The molecule has 3 aromatic heterocycles. The number of thiophene rings is 1. The highest BCUT2D eigenvalue weighted by Gasteiger charge is 2.29. The van der Waals surface area contributed by atoms with Crippen molar-refractivity contribution in [1.29, 1.82) is 0 Å². The molecule has 0 bridgehead atoms. The Bertz CT molecular complexity index is 1190. The smallest absolute Gasteiger partial charge is 0.162 e. The fourth-order valence-electron chi connectivity index (χ4n) is 4.02. The number of ether oxygens (including phenoxy) is 1. The van der Waals surface area contributed by atoms with Gasteiger partial charge in [-0.2, -0.15) is 5.10 Å². The minimum absolute atomic E-state index is 0.665. The molecule has 0 saturated carbocycles. The summed E-state index contributed by atoms with van der Waals surface area (Å²) in [5.41, 5.74) is 1.95. The van der Waals surface area contributed by atoms with Gasteiger partial charge in [0.2, 0.25) is 0 Å². The van der Waals surface area contributed by atoms with Crippen molar-refractivity contribution in [2.75, 3.05) is 31.2 Å². The summed E-state index contributed by atoms with van der Waals surface area (Å²) in [6.45, 7) is 7.00. The minimum atomic E-state index is -0.835. The van der Waals surface area contributed by atoms with E-state index in [9.17, 15) is 5.11 Å². The average molecular weight is 424 g/mol. The lowest BCUT2D eigenvalue weighted by atomic mass is 9.95. The second kappa shape index (κ2) is 7.61. The second-order valence-electron chi connectivity index (χ2n) is 7.67. The number of aliphatic hydroxyl groups is 1. The van der Waals surface area contributed by atoms with Crippen LogP contribution >= 0.6 is 11.3 Å². The molecule has 1 aliphatic rings. The summed E-state index contributed by atoms with van der Waals surface area (Å²) in [4.78, 5) is 13.2. The maximum absolute atomic E-state index is 11.1. The van der Waals surface area contributed by atoms with Gasteiger partial charge in [-0.25, -0.2) is 9.97 Å². The number of anilines is 1. The van der Waals surface area contributed by atoms with E-state index in [-0.39, 0.29) is 0 Å². The number of nitrogens with zero attached hydrogens (tertiary/aromatic N) is 4. The van der Waals surface area contributed by atoms with Gasteiger partial charge < -0.3 is 14.7 Å². The number of morpholine rings is 1. The first-order valence-corrected chi connectivity index (χ1v) is 11.2. The van der Waals surface area contributed by atoms with E-state index in [2.05, 4.69) is 15.1 Å². The van der Waals surface area contributed by atoms with Crippen LogP contribution in [-0.2, 0) is 10.3 Å². The molecular weight excluding hydrogens is 398 g/mol. The van der Waals surface area contributed by atoms with Gasteiger partial charge >= 0.3 is 0 Å². The Morgan fingerprint density at radius 2 is 2.00 bits per heavy atom. The van der Waals surface area contributed by atoms with Crippen molar-refractivity contribution in [2.24, 2.45) is 0 Å². The Morgan fingerprint density at radius 3 is 2.77 bits per heavy atom. The SMILES string of the molecule is CCC(O)(CC)c1cc2nc(-c3cccc4[nH]ncc34)nc(N3CCOCC3)c2s1. The van der Waals surface area contributed by atoms with Crippen molar-refractivity contribution in [1.82, 2.24) is 20.2 Å². The molecule has 5 rings (SSSR count). The number of fused-ring (bicyclic) bond motifs is 2. The van der Waals surface area contributed by atoms with Gasteiger partial charge in [0, 0.05) is 28.9 Å². The zero-order valence-corrected chi connectivity index (χ0v) is 18.0. The lowest BCUT2D eigenvalue weighted by Crippen LogP contribution is -2.36. The van der Waals surface area contributed by atoms with Gasteiger partial charge in [0.25, 0.3) is 0 Å². The molecule has 4 heterocycles. The normalized spacial score (nSPS) is 15.4. The summed E-state index contributed by atoms with van der Waals surface area (Å²) in [7, 11) is 0. The molecule has 4 aromatic rings. The van der Waals surface area contributed by atoms with E-state index in [1.54, 1.807) is 11.3 Å². The molecule has 0 amide bonds. The Hall–Kier alpha value is -2.55. The average Bonchev–Trinajstić information content (AvgIpc) is 3.45. The van der Waals surface area contributed by atoms with Crippen LogP contribution in [0, 0.1) is 0 Å². The lowest BCUT2D eigenvalue weighted by molar-refractivity contribution is 0.0322. The number of benzene rings is 1. The minimum Gasteiger partial charge on any atom is -0.384 e. The first-order chi connectivity index (χ1) is 14.6. The van der Waals surface area contributed by atoms with Crippen molar-refractivity contribution in [3.05, 3.63) is 35.3 Å². The topological polar surface area (TPSA) is 87.2 Å². The highest BCUT2D eigenvalue weighted by atomic mass is 32.1. The van der Waals surface area contributed by atoms with Gasteiger partial charge in [-0.1, -0.05) is 26.0 Å². The van der Waals surface area contributed by atoms with Crippen LogP contribution in [-0.4, -0.2) is 51.6 Å². The third-order valence-corrected chi connectivity index (χ3v) is 7.33. The largest absolute Gasteiger partial charge is 0.384 e. The van der Waals surface area contributed by atoms with Crippen LogP contribution in [0.5, 0.6) is 0 Å². The molecule has 30 heavy (non-hydrogen) atoms. The third kappa shape index (κ3) is 3.15. The predicted molar refractivity (Wildman–Crippen MR) is 120 cm³/mol. The number of aromatic amines is 1. The highest BCUT2D eigenvalue weighted by Crippen LogP contribution is 2.41. The Kier molecular flexibility index (Phi) is 4.92. The number of rotatable bonds is 5. The molecule has 0 aliphatic carbocycles. The molecule has 1 saturated heterocycles. The molecule has 2 N–H and O–H groups in total. The zero-order valence-electron chi connectivity index (χ0n) is 17.2. The van der Waals surface area contributed by atoms with Crippen molar-refractivity contribution < 1.29 is 9.84 Å². The van der Waals surface area contributed by atoms with Gasteiger partial charge in [0.1, 0.15) is 0 Å². The van der Waals surface area contributed by atoms with Crippen molar-refractivity contribution >= 4 is 38.3 Å². The van der Waals surface area contributed by atoms with Crippen LogP contribution in [0.4, 0.5) is 5.82 Å². The molecule has 8 heteroatoms. The fraction of sp³-hybridized carbons (Fsp3) is 0.409. The predicted octanol–water partition coefficient (Wildman–Crippen LogP) is 4.08. The summed E-state index contributed by atoms with van der Waals surface area (Å²) in [5.74, 6) is 1.60. The van der Waals surface area contributed by atoms with Crippen LogP contribution in [0.25, 0.3) is 32.5 Å². The summed E-state index contributed by atoms with van der Waals surface area (Å²) in [6.07, 6.45) is 3.15. The molecule has 7 nitrogen and oxygen atoms in total. The Morgan fingerprint density at radius 1 is 1.20 bits per heavy atom. The first kappa shape index (κ1) is 19.4. The summed E-state index contributed by atoms with van der Waals surface area (Å²) in [5, 5.41) is 19.3. The van der Waals surface area contributed by atoms with E-state index >= 15 is 0 Å². The highest BCUT2D eigenvalue weighted by molar-refractivity contribution is 7.19. The number of hydrogen-bond acceptors (Lipinski definition) is 7. The quantitative estimate of drug-likeness (QED) is 0.503. The number of hydrogen-bond donors (Lipinski definition) is 2. The molecule has 156 valence electrons. The van der Waals surface area contributed by atoms with Crippen molar-refractivity contribution in [3.8, 4) is 11.4 Å². The van der Waals surface area contributed by atoms with Gasteiger partial charge in [0.05, 0.1) is 40.7 Å². The van der Waals surface area contributed by atoms with E-state index in [1.807, 2.05) is 44.3 Å². The lowest BCUT2D eigenvalue weighted by Gasteiger charge is -2.28. The molecular formula is C22H25N5O2S. The fourth-order valence-corrected chi connectivity index (χ4v) is 5.36. The number of aromatic nitrogens is 4. The molecule has 0 radical (unpaired) electrons. The summed E-state index contributed by atoms with van der Waals surface area (Å²) >= 11 is 1.61. The van der Waals surface area contributed by atoms with Crippen molar-refractivity contribution in [3.63, 3.8) is 0 Å². The zero-order chi connectivity index (χ0) is 20.7. The maximum Gasteiger partial charge on any atom is 0.162 e. The number of nitrogens with one attached hydrogen (secondary N) is 1. The standard InChI is InChI=1S/C22H25N5O2S/c1-3-22(28,4-2)18-12-17-19(30-18)21(27-8-10-29-11-9-27)25-20(24-17)14-6-5-7-16-15(14)13-23-26-16/h5-7,12-13,28H,3-4,8-11H2,1-2H3,(H,23,26). The van der Waals surface area contributed by atoms with Crippen LogP contribution in [0.15, 0.2) is 30.5 Å². The Balaban J connectivity index is 1.73. The van der Waals surface area contributed by atoms with Gasteiger partial charge in [-0.05, 0) is 25.0 Å². The molecule has 0 unspecified atom stereocenters. The molecule has 1 fully saturated rings. The molecule has 0 atom stereocenters. The second-order valence-corrected chi connectivity index (χ2v) is 8.72. The van der Waals surface area contributed by atoms with E-state index in [0.29, 0.717) is 31.9 Å². The molecule has 1 aromatic carbocycles. The van der Waals surface area contributed by atoms with E-state index in [4.69, 9.17) is 14.7 Å². The summed E-state index contributed by atoms with van der Waals surface area (Å²) in [6, 6.07) is 8.06. The Labute approximate surface area is 178 Å². The van der Waals surface area contributed by atoms with Gasteiger partial charge in [-0.15, -0.1) is 11.3 Å². The maximum atomic E-state index is 11.1. The molecule has 1 aliphatic heterocycles. The number of H-pyrrole nitrogens is 1. The van der Waals surface area contributed by atoms with Gasteiger partial charge in [-0.3, -0.25) is 5.10 Å². The van der Waals surface area contributed by atoms with Crippen LogP contribution < -0.4 is 4.90 Å². The monoisotopic (exact) mass is 423 g/mol. The summed E-state index contributed by atoms with van der Waals surface area (Å²) < 4.78 is 6.58. The van der Waals surface area contributed by atoms with Crippen LogP contribution in [0.2, 0.25) is 0 Å². The van der Waals surface area contributed by atoms with Crippen LogP contribution in [0.3, 0.4) is 0 Å². The van der Waals surface area contributed by atoms with Crippen LogP contribution in [0.1, 0.15) is 31.6 Å². The molecule has 0 spiro atoms.